The molecule has 2 amide bonds. The van der Waals surface area contributed by atoms with Crippen molar-refractivity contribution in [1.29, 1.82) is 0 Å². The number of carbonyl (C=O) groups excluding carboxylic acids is 2. The van der Waals surface area contributed by atoms with Gasteiger partial charge in [-0.05, 0) is 54.2 Å². The van der Waals surface area contributed by atoms with Crippen LogP contribution in [0.4, 0.5) is 5.69 Å². The zero-order valence-electron chi connectivity index (χ0n) is 24.0. The number of carbonyl (C=O) groups is 2. The van der Waals surface area contributed by atoms with Crippen molar-refractivity contribution in [3.63, 3.8) is 0 Å². The number of nitrogens with one attached hydrogen (secondary N) is 1. The van der Waals surface area contributed by atoms with Crippen molar-refractivity contribution in [1.82, 2.24) is 10.2 Å². The van der Waals surface area contributed by atoms with Crippen molar-refractivity contribution >= 4 is 27.5 Å². The van der Waals surface area contributed by atoms with E-state index in [2.05, 4.69) is 12.2 Å². The van der Waals surface area contributed by atoms with Gasteiger partial charge in [-0.1, -0.05) is 87.0 Å². The van der Waals surface area contributed by atoms with Crippen LogP contribution in [0.5, 0.6) is 0 Å². The molecule has 3 aromatic carbocycles. The van der Waals surface area contributed by atoms with Crippen molar-refractivity contribution in [3.8, 4) is 0 Å². The summed E-state index contributed by atoms with van der Waals surface area (Å²) in [4.78, 5) is 29.3. The lowest BCUT2D eigenvalue weighted by Crippen LogP contribution is -2.53. The van der Waals surface area contributed by atoms with Gasteiger partial charge < -0.3 is 10.2 Å². The van der Waals surface area contributed by atoms with E-state index >= 15 is 0 Å². The minimum absolute atomic E-state index is 0.177. The van der Waals surface area contributed by atoms with E-state index in [9.17, 15) is 18.0 Å². The van der Waals surface area contributed by atoms with Gasteiger partial charge in [0.1, 0.15) is 12.6 Å². The molecule has 0 saturated carbocycles. The highest BCUT2D eigenvalue weighted by Gasteiger charge is 2.33. The molecule has 0 aromatic heterocycles. The van der Waals surface area contributed by atoms with E-state index in [0.717, 1.165) is 52.1 Å². The average Bonchev–Trinajstić information content (AvgIpc) is 2.94. The van der Waals surface area contributed by atoms with Gasteiger partial charge in [0, 0.05) is 19.5 Å². The number of anilines is 1. The van der Waals surface area contributed by atoms with Crippen LogP contribution in [0.3, 0.4) is 0 Å². The number of amides is 2. The number of aryl methyl sites for hydroxylation is 2. The molecule has 0 aliphatic rings. The molecule has 3 rings (SSSR count). The Labute approximate surface area is 239 Å². The summed E-state index contributed by atoms with van der Waals surface area (Å²) in [6.07, 6.45) is 3.97. The quantitative estimate of drug-likeness (QED) is 0.283. The fraction of sp³-hybridized carbons (Fsp3) is 0.375. The highest BCUT2D eigenvalue weighted by Crippen LogP contribution is 2.22. The molecule has 1 N–H and O–H groups in total. The molecule has 7 nitrogen and oxygen atoms in total. The molecule has 1 unspecified atom stereocenters. The Hall–Kier alpha value is -3.65. The summed E-state index contributed by atoms with van der Waals surface area (Å²) in [6.45, 7) is 6.30. The predicted octanol–water partition coefficient (Wildman–Crippen LogP) is 4.88. The molecule has 0 aliphatic carbocycles. The van der Waals surface area contributed by atoms with Gasteiger partial charge in [0.05, 0.1) is 11.9 Å². The van der Waals surface area contributed by atoms with E-state index in [4.69, 9.17) is 0 Å². The highest BCUT2D eigenvalue weighted by molar-refractivity contribution is 7.92. The van der Waals surface area contributed by atoms with Gasteiger partial charge in [-0.15, -0.1) is 0 Å². The summed E-state index contributed by atoms with van der Waals surface area (Å²) < 4.78 is 26.9. The summed E-state index contributed by atoms with van der Waals surface area (Å²) in [6, 6.07) is 23.6. The third-order valence-electron chi connectivity index (χ3n) is 7.01. The van der Waals surface area contributed by atoms with Crippen LogP contribution < -0.4 is 9.62 Å². The fourth-order valence-electron chi connectivity index (χ4n) is 4.54. The second kappa shape index (κ2) is 14.7. The number of rotatable bonds is 14. The third kappa shape index (κ3) is 8.68. The number of sulfonamides is 1. The number of benzene rings is 3. The number of hydrogen-bond acceptors (Lipinski definition) is 4. The predicted molar refractivity (Wildman–Crippen MR) is 162 cm³/mol. The normalized spacial score (nSPS) is 12.0. The maximum atomic E-state index is 14.1. The Kier molecular flexibility index (Phi) is 11.3. The van der Waals surface area contributed by atoms with Gasteiger partial charge in [-0.2, -0.15) is 0 Å². The zero-order valence-corrected chi connectivity index (χ0v) is 24.8. The molecule has 0 bridgehead atoms. The minimum atomic E-state index is -3.78. The lowest BCUT2D eigenvalue weighted by atomic mass is 10.0. The van der Waals surface area contributed by atoms with Gasteiger partial charge in [-0.25, -0.2) is 8.42 Å². The number of unbranched alkanes of at least 4 members (excludes halogenated alkanes) is 1. The molecule has 214 valence electrons. The zero-order chi connectivity index (χ0) is 29.1. The molecule has 1 atom stereocenters. The molecule has 0 fully saturated rings. The Balaban J connectivity index is 2.03. The SMILES string of the molecule is CCCCNC(=O)C(Cc1ccccc1)N(Cc1ccccc1C)C(=O)CN(c1ccc(CC)cc1)S(C)(=O)=O. The first-order valence-corrected chi connectivity index (χ1v) is 15.7. The molecule has 0 spiro atoms. The van der Waals surface area contributed by atoms with Gasteiger partial charge in [-0.3, -0.25) is 13.9 Å². The first-order valence-electron chi connectivity index (χ1n) is 13.9. The van der Waals surface area contributed by atoms with Crippen LogP contribution in [0.1, 0.15) is 48.9 Å². The molecular weight excluding hydrogens is 522 g/mol. The molecular formula is C32H41N3O4S. The molecule has 0 saturated heterocycles. The van der Waals surface area contributed by atoms with Crippen molar-refractivity contribution in [2.45, 2.75) is 59.0 Å². The Morgan fingerprint density at radius 3 is 2.12 bits per heavy atom. The summed E-state index contributed by atoms with van der Waals surface area (Å²) >= 11 is 0. The van der Waals surface area contributed by atoms with Crippen molar-refractivity contribution in [2.24, 2.45) is 0 Å². The Morgan fingerprint density at radius 1 is 0.875 bits per heavy atom. The van der Waals surface area contributed by atoms with Crippen LogP contribution >= 0.6 is 0 Å². The fourth-order valence-corrected chi connectivity index (χ4v) is 5.39. The average molecular weight is 564 g/mol. The molecule has 0 aliphatic heterocycles. The number of nitrogens with zero attached hydrogens (tertiary/aromatic N) is 2. The Bertz CT molecular complexity index is 1360. The first-order chi connectivity index (χ1) is 19.1. The first kappa shape index (κ1) is 30.9. The monoisotopic (exact) mass is 563 g/mol. The molecule has 40 heavy (non-hydrogen) atoms. The largest absolute Gasteiger partial charge is 0.354 e. The van der Waals surface area contributed by atoms with Gasteiger partial charge in [0.2, 0.25) is 21.8 Å². The maximum absolute atomic E-state index is 14.1. The van der Waals surface area contributed by atoms with Crippen LogP contribution in [0.2, 0.25) is 0 Å². The molecule has 8 heteroatoms. The van der Waals surface area contributed by atoms with E-state index in [1.807, 2.05) is 80.6 Å². The topological polar surface area (TPSA) is 86.8 Å². The number of hydrogen-bond donors (Lipinski definition) is 1. The van der Waals surface area contributed by atoms with Crippen LogP contribution in [0.25, 0.3) is 0 Å². The summed E-state index contributed by atoms with van der Waals surface area (Å²) in [5.74, 6) is -0.697. The van der Waals surface area contributed by atoms with E-state index in [1.165, 1.54) is 4.90 Å². The third-order valence-corrected chi connectivity index (χ3v) is 8.15. The van der Waals surface area contributed by atoms with Gasteiger partial charge in [0.15, 0.2) is 0 Å². The summed E-state index contributed by atoms with van der Waals surface area (Å²) in [7, 11) is -3.78. The Morgan fingerprint density at radius 2 is 1.52 bits per heavy atom. The maximum Gasteiger partial charge on any atom is 0.244 e. The van der Waals surface area contributed by atoms with Gasteiger partial charge in [0.25, 0.3) is 0 Å². The van der Waals surface area contributed by atoms with Crippen LogP contribution in [-0.2, 0) is 39.0 Å². The van der Waals surface area contributed by atoms with Gasteiger partial charge >= 0.3 is 0 Å². The second-order valence-corrected chi connectivity index (χ2v) is 12.0. The van der Waals surface area contributed by atoms with Crippen molar-refractivity contribution in [2.75, 3.05) is 23.7 Å². The van der Waals surface area contributed by atoms with E-state index in [-0.39, 0.29) is 12.5 Å². The standard InChI is InChI=1S/C32H41N3O4S/c1-5-7-21-33-32(37)30(22-27-14-9-8-10-15-27)34(23-28-16-12-11-13-25(28)3)31(36)24-35(40(4,38)39)29-19-17-26(6-2)18-20-29/h8-20,30H,5-7,21-24H2,1-4H3,(H,33,37). The van der Waals surface area contributed by atoms with Crippen molar-refractivity contribution < 1.29 is 18.0 Å². The molecule has 0 radical (unpaired) electrons. The minimum Gasteiger partial charge on any atom is -0.354 e. The van der Waals surface area contributed by atoms with Crippen molar-refractivity contribution in [3.05, 3.63) is 101 Å². The lowest BCUT2D eigenvalue weighted by molar-refractivity contribution is -0.140. The smallest absolute Gasteiger partial charge is 0.244 e. The van der Waals surface area contributed by atoms with E-state index < -0.39 is 28.5 Å². The van der Waals surface area contributed by atoms with Crippen LogP contribution in [0, 0.1) is 6.92 Å². The van der Waals surface area contributed by atoms with Crippen LogP contribution in [-0.4, -0.2) is 50.5 Å². The molecule has 0 heterocycles. The summed E-state index contributed by atoms with van der Waals surface area (Å²) in [5, 5.41) is 3.00. The highest BCUT2D eigenvalue weighted by atomic mass is 32.2. The molecule has 3 aromatic rings. The van der Waals surface area contributed by atoms with E-state index in [0.29, 0.717) is 18.7 Å². The lowest BCUT2D eigenvalue weighted by Gasteiger charge is -2.34. The second-order valence-electron chi connectivity index (χ2n) is 10.1. The van der Waals surface area contributed by atoms with Crippen LogP contribution in [0.15, 0.2) is 78.9 Å². The van der Waals surface area contributed by atoms with E-state index in [1.54, 1.807) is 12.1 Å². The summed E-state index contributed by atoms with van der Waals surface area (Å²) in [5.41, 5.74) is 4.27.